The maximum Gasteiger partial charge on any atom is 0.227 e. The van der Waals surface area contributed by atoms with E-state index in [-0.39, 0.29) is 11.8 Å². The first-order valence-electron chi connectivity index (χ1n) is 9.47. The van der Waals surface area contributed by atoms with Gasteiger partial charge in [-0.15, -0.1) is 0 Å². The van der Waals surface area contributed by atoms with Gasteiger partial charge in [-0.2, -0.15) is 0 Å². The number of amides is 2. The highest BCUT2D eigenvalue weighted by atomic mass is 16.5. The van der Waals surface area contributed by atoms with Crippen molar-refractivity contribution in [1.29, 1.82) is 0 Å². The second-order valence-electron chi connectivity index (χ2n) is 6.86. The van der Waals surface area contributed by atoms with Gasteiger partial charge in [0.25, 0.3) is 0 Å². The summed E-state index contributed by atoms with van der Waals surface area (Å²) in [4.78, 5) is 25.6. The van der Waals surface area contributed by atoms with Crippen LogP contribution in [0.15, 0.2) is 48.5 Å². The fraction of sp³-hybridized carbons (Fsp3) is 0.364. The summed E-state index contributed by atoms with van der Waals surface area (Å²) in [5.74, 6) is 1.04. The number of nitrogens with one attached hydrogen (secondary N) is 1. The molecule has 0 aliphatic carbocycles. The normalized spacial score (nSPS) is 13.7. The predicted molar refractivity (Wildman–Crippen MR) is 106 cm³/mol. The number of hydrogen-bond donors (Lipinski definition) is 1. The third-order valence-corrected chi connectivity index (χ3v) is 4.62. The summed E-state index contributed by atoms with van der Waals surface area (Å²) in [6.45, 7) is 3.83. The van der Waals surface area contributed by atoms with Crippen molar-refractivity contribution in [2.24, 2.45) is 0 Å². The van der Waals surface area contributed by atoms with Crippen molar-refractivity contribution in [3.63, 3.8) is 0 Å². The molecule has 1 aliphatic rings. The molecule has 2 aromatic carbocycles. The molecule has 0 unspecified atom stereocenters. The molecule has 0 aromatic heterocycles. The third-order valence-electron chi connectivity index (χ3n) is 4.62. The van der Waals surface area contributed by atoms with Crippen LogP contribution in [0.25, 0.3) is 0 Å². The lowest BCUT2D eigenvalue weighted by Crippen LogP contribution is -2.24. The van der Waals surface area contributed by atoms with Crippen molar-refractivity contribution in [1.82, 2.24) is 5.32 Å². The van der Waals surface area contributed by atoms with Crippen molar-refractivity contribution in [2.75, 3.05) is 18.1 Å². The smallest absolute Gasteiger partial charge is 0.227 e. The van der Waals surface area contributed by atoms with Crippen molar-refractivity contribution >= 4 is 17.5 Å². The van der Waals surface area contributed by atoms with E-state index in [1.54, 1.807) is 0 Å². The van der Waals surface area contributed by atoms with Crippen LogP contribution >= 0.6 is 0 Å². The summed E-state index contributed by atoms with van der Waals surface area (Å²) in [7, 11) is 0. The van der Waals surface area contributed by atoms with E-state index in [0.717, 1.165) is 35.5 Å². The average molecular weight is 366 g/mol. The van der Waals surface area contributed by atoms with E-state index in [1.165, 1.54) is 0 Å². The largest absolute Gasteiger partial charge is 0.494 e. The number of ether oxygens (including phenoxy) is 1. The summed E-state index contributed by atoms with van der Waals surface area (Å²) < 4.78 is 5.66. The van der Waals surface area contributed by atoms with Gasteiger partial charge in [0, 0.05) is 31.6 Å². The summed E-state index contributed by atoms with van der Waals surface area (Å²) in [6, 6.07) is 15.7. The van der Waals surface area contributed by atoms with Crippen LogP contribution in [0.3, 0.4) is 0 Å². The zero-order valence-corrected chi connectivity index (χ0v) is 15.7. The molecule has 0 atom stereocenters. The van der Waals surface area contributed by atoms with Crippen LogP contribution in [0.5, 0.6) is 5.75 Å². The molecule has 27 heavy (non-hydrogen) atoms. The Morgan fingerprint density at radius 3 is 2.70 bits per heavy atom. The maximum atomic E-state index is 12.0. The first-order chi connectivity index (χ1) is 13.1. The van der Waals surface area contributed by atoms with Crippen LogP contribution < -0.4 is 15.0 Å². The van der Waals surface area contributed by atoms with Crippen LogP contribution in [0.4, 0.5) is 5.69 Å². The van der Waals surface area contributed by atoms with Gasteiger partial charge in [-0.25, -0.2) is 0 Å². The van der Waals surface area contributed by atoms with Crippen molar-refractivity contribution in [3.8, 4) is 5.75 Å². The number of benzene rings is 2. The van der Waals surface area contributed by atoms with Gasteiger partial charge in [-0.05, 0) is 55.2 Å². The fourth-order valence-electron chi connectivity index (χ4n) is 3.13. The molecule has 1 heterocycles. The van der Waals surface area contributed by atoms with Gasteiger partial charge in [0.2, 0.25) is 11.8 Å². The first-order valence-corrected chi connectivity index (χ1v) is 9.47. The van der Waals surface area contributed by atoms with Gasteiger partial charge in [-0.1, -0.05) is 24.3 Å². The highest BCUT2D eigenvalue weighted by Gasteiger charge is 2.21. The molecule has 142 valence electrons. The molecule has 2 amide bonds. The minimum Gasteiger partial charge on any atom is -0.494 e. The Bertz CT molecular complexity index is 786. The predicted octanol–water partition coefficient (Wildman–Crippen LogP) is 3.60. The Kier molecular flexibility index (Phi) is 6.47. The molecule has 0 bridgehead atoms. The summed E-state index contributed by atoms with van der Waals surface area (Å²) in [5, 5.41) is 2.93. The lowest BCUT2D eigenvalue weighted by atomic mass is 10.2. The standard InChI is InChI=1S/C22H26N2O3/c1-17-5-2-6-20(15-17)27-14-4-7-21(25)23-16-18-9-11-19(12-10-18)24-13-3-8-22(24)26/h2,5-6,9-12,15H,3-4,7-8,13-14,16H2,1H3,(H,23,25). The molecule has 5 nitrogen and oxygen atoms in total. The number of anilines is 1. The Labute approximate surface area is 160 Å². The van der Waals surface area contributed by atoms with Crippen LogP contribution in [0.2, 0.25) is 0 Å². The number of carbonyl (C=O) groups excluding carboxylic acids is 2. The van der Waals surface area contributed by atoms with Gasteiger partial charge < -0.3 is 15.0 Å². The number of aryl methyl sites for hydroxylation is 1. The van der Waals surface area contributed by atoms with Crippen LogP contribution in [0.1, 0.15) is 36.8 Å². The summed E-state index contributed by atoms with van der Waals surface area (Å²) in [5.41, 5.74) is 3.11. The lowest BCUT2D eigenvalue weighted by molar-refractivity contribution is -0.121. The molecular weight excluding hydrogens is 340 g/mol. The zero-order chi connectivity index (χ0) is 19.1. The van der Waals surface area contributed by atoms with Crippen molar-refractivity contribution < 1.29 is 14.3 Å². The molecule has 1 saturated heterocycles. The highest BCUT2D eigenvalue weighted by molar-refractivity contribution is 5.95. The third kappa shape index (κ3) is 5.58. The highest BCUT2D eigenvalue weighted by Crippen LogP contribution is 2.21. The zero-order valence-electron chi connectivity index (χ0n) is 15.7. The maximum absolute atomic E-state index is 12.0. The molecule has 1 fully saturated rings. The summed E-state index contributed by atoms with van der Waals surface area (Å²) >= 11 is 0. The number of nitrogens with zero attached hydrogens (tertiary/aromatic N) is 1. The van der Waals surface area contributed by atoms with E-state index in [2.05, 4.69) is 5.32 Å². The molecule has 0 radical (unpaired) electrons. The van der Waals surface area contributed by atoms with E-state index in [1.807, 2.05) is 60.4 Å². The first kappa shape index (κ1) is 19.0. The average Bonchev–Trinajstić information content (AvgIpc) is 3.10. The Morgan fingerprint density at radius 1 is 1.19 bits per heavy atom. The molecule has 1 aliphatic heterocycles. The lowest BCUT2D eigenvalue weighted by Gasteiger charge is -2.16. The monoisotopic (exact) mass is 366 g/mol. The molecule has 5 heteroatoms. The minimum absolute atomic E-state index is 0.0154. The van der Waals surface area contributed by atoms with Crippen LogP contribution in [-0.2, 0) is 16.1 Å². The topological polar surface area (TPSA) is 58.6 Å². The van der Waals surface area contributed by atoms with Crippen LogP contribution in [0, 0.1) is 6.92 Å². The fourth-order valence-corrected chi connectivity index (χ4v) is 3.13. The minimum atomic E-state index is 0.0154. The van der Waals surface area contributed by atoms with Gasteiger partial charge >= 0.3 is 0 Å². The van der Waals surface area contributed by atoms with E-state index in [9.17, 15) is 9.59 Å². The molecule has 3 rings (SSSR count). The van der Waals surface area contributed by atoms with E-state index < -0.39 is 0 Å². The van der Waals surface area contributed by atoms with Gasteiger partial charge in [-0.3, -0.25) is 9.59 Å². The van der Waals surface area contributed by atoms with Gasteiger partial charge in [0.15, 0.2) is 0 Å². The molecule has 1 N–H and O–H groups in total. The SMILES string of the molecule is Cc1cccc(OCCCC(=O)NCc2ccc(N3CCCC3=O)cc2)c1. The van der Waals surface area contributed by atoms with Gasteiger partial charge in [0.1, 0.15) is 5.75 Å². The second-order valence-corrected chi connectivity index (χ2v) is 6.86. The quantitative estimate of drug-likeness (QED) is 0.726. The van der Waals surface area contributed by atoms with Crippen LogP contribution in [-0.4, -0.2) is 25.0 Å². The van der Waals surface area contributed by atoms with Crippen molar-refractivity contribution in [3.05, 3.63) is 59.7 Å². The van der Waals surface area contributed by atoms with Crippen molar-refractivity contribution in [2.45, 2.75) is 39.2 Å². The Morgan fingerprint density at radius 2 is 2.00 bits per heavy atom. The number of rotatable bonds is 8. The molecule has 0 saturated carbocycles. The van der Waals surface area contributed by atoms with E-state index in [0.29, 0.717) is 32.4 Å². The van der Waals surface area contributed by atoms with E-state index in [4.69, 9.17) is 4.74 Å². The molecular formula is C22H26N2O3. The van der Waals surface area contributed by atoms with Gasteiger partial charge in [0.05, 0.1) is 6.61 Å². The Balaban J connectivity index is 1.35. The number of hydrogen-bond acceptors (Lipinski definition) is 3. The number of carbonyl (C=O) groups is 2. The van der Waals surface area contributed by atoms with E-state index >= 15 is 0 Å². The Hall–Kier alpha value is -2.82. The molecule has 2 aromatic rings. The second kappa shape index (κ2) is 9.21. The summed E-state index contributed by atoms with van der Waals surface area (Å²) in [6.07, 6.45) is 2.66. The molecule has 0 spiro atoms.